The molecule has 4 atom stereocenters. The second-order valence-electron chi connectivity index (χ2n) is 9.94. The molecule has 34 heavy (non-hydrogen) atoms. The first-order valence-electron chi connectivity index (χ1n) is 12.5. The van der Waals surface area contributed by atoms with Gasteiger partial charge in [0.25, 0.3) is 0 Å². The number of carboxylic acids is 1. The maximum atomic E-state index is 12.8. The van der Waals surface area contributed by atoms with Crippen molar-refractivity contribution in [2.75, 3.05) is 25.4 Å². The number of cyclic esters (lactones) is 1. The van der Waals surface area contributed by atoms with E-state index < -0.39 is 23.2 Å². The maximum Gasteiger partial charge on any atom is 0.422 e. The molecule has 3 rings (SSSR count). The zero-order valence-corrected chi connectivity index (χ0v) is 23.8. The molecule has 1 N–H and O–H groups in total. The third kappa shape index (κ3) is 7.64. The smallest absolute Gasteiger partial charge is 0.422 e. The van der Waals surface area contributed by atoms with Gasteiger partial charge in [0.2, 0.25) is 11.2 Å². The summed E-state index contributed by atoms with van der Waals surface area (Å²) in [7, 11) is 0. The average molecular weight is 535 g/mol. The van der Waals surface area contributed by atoms with Gasteiger partial charge < -0.3 is 9.84 Å². The normalized spacial score (nSPS) is 31.0. The lowest BCUT2D eigenvalue weighted by Gasteiger charge is -2.36. The Balaban J connectivity index is 0.00000199. The highest BCUT2D eigenvalue weighted by atomic mass is 32.2. The molecular weight excluding hydrogens is 492 g/mol. The van der Waals surface area contributed by atoms with E-state index in [2.05, 4.69) is 26.7 Å². The Morgan fingerprint density at radius 2 is 1.97 bits per heavy atom. The number of aliphatic carboxylic acids is 1. The summed E-state index contributed by atoms with van der Waals surface area (Å²) in [6.45, 7) is 11.5. The van der Waals surface area contributed by atoms with Gasteiger partial charge in [0.05, 0.1) is 6.54 Å². The topological polar surface area (TPSA) is 87.2 Å². The molecule has 1 aliphatic carbocycles. The van der Waals surface area contributed by atoms with E-state index in [1.807, 2.05) is 20.8 Å². The van der Waals surface area contributed by atoms with Gasteiger partial charge in [-0.3, -0.25) is 0 Å². The molecule has 3 aliphatic rings. The monoisotopic (exact) mass is 534 g/mol. The second kappa shape index (κ2) is 13.6. The van der Waals surface area contributed by atoms with Crippen molar-refractivity contribution in [1.82, 2.24) is 8.02 Å². The fourth-order valence-corrected chi connectivity index (χ4v) is 8.29. The molecule has 0 radical (unpaired) electrons. The molecule has 10 heteroatoms. The standard InChI is InChI=1S/C22H36N2O5S3.C2H6/c1-15-13-22(2,3)9-6-12-31-19(18(15)20(25)26)17-8-5-4-7-16(17)14-24(30)32(28)23-10-11-29-21(23)27;1-2/h15-17,30H,4-14H2,1-3H3,(H,25,26);1-2H3/b19-18+;/t15?,16-,17-,32?;/m1./s1. The Bertz CT molecular complexity index is 774. The Hall–Kier alpha value is -0.710. The lowest BCUT2D eigenvalue weighted by atomic mass is 9.74. The van der Waals surface area contributed by atoms with Crippen LogP contribution in [0.1, 0.15) is 79.6 Å². The molecular formula is C24H42N2O5S3. The predicted molar refractivity (Wildman–Crippen MR) is 143 cm³/mol. The zero-order chi connectivity index (χ0) is 25.5. The van der Waals surface area contributed by atoms with Crippen molar-refractivity contribution in [3.63, 3.8) is 0 Å². The average Bonchev–Trinajstić information content (AvgIpc) is 3.23. The summed E-state index contributed by atoms with van der Waals surface area (Å²) in [6.07, 6.45) is 6.42. The highest BCUT2D eigenvalue weighted by Gasteiger charge is 2.38. The van der Waals surface area contributed by atoms with E-state index in [0.29, 0.717) is 12.1 Å². The summed E-state index contributed by atoms with van der Waals surface area (Å²) in [5, 5.41) is 10.2. The first-order chi connectivity index (χ1) is 16.1. The van der Waals surface area contributed by atoms with E-state index in [9.17, 15) is 18.9 Å². The number of hydrogen-bond donors (Lipinski definition) is 2. The van der Waals surface area contributed by atoms with Crippen LogP contribution in [0.15, 0.2) is 10.5 Å². The Kier molecular flexibility index (Phi) is 11.8. The van der Waals surface area contributed by atoms with Crippen molar-refractivity contribution in [3.8, 4) is 0 Å². The number of hydrogen-bond acceptors (Lipinski definition) is 6. The van der Waals surface area contributed by atoms with Crippen molar-refractivity contribution in [3.05, 3.63) is 10.5 Å². The lowest BCUT2D eigenvalue weighted by molar-refractivity contribution is -0.133. The third-order valence-corrected chi connectivity index (χ3v) is 9.96. The summed E-state index contributed by atoms with van der Waals surface area (Å²) in [5.41, 5.74) is 0.683. The van der Waals surface area contributed by atoms with Gasteiger partial charge in [-0.1, -0.05) is 60.3 Å². The third-order valence-electron chi connectivity index (χ3n) is 6.83. The molecule has 0 bridgehead atoms. The van der Waals surface area contributed by atoms with Crippen LogP contribution < -0.4 is 0 Å². The number of allylic oxidation sites excluding steroid dienone is 1. The molecule has 7 nitrogen and oxygen atoms in total. The molecule has 0 spiro atoms. The summed E-state index contributed by atoms with van der Waals surface area (Å²) in [6, 6.07) is 0. The van der Waals surface area contributed by atoms with E-state index in [4.69, 9.17) is 4.74 Å². The van der Waals surface area contributed by atoms with Crippen LogP contribution in [-0.2, 0) is 20.7 Å². The van der Waals surface area contributed by atoms with Crippen molar-refractivity contribution < 1.29 is 23.6 Å². The Labute approximate surface area is 217 Å². The number of rotatable bonds is 6. The number of thioether (sulfide) groups is 1. The minimum absolute atomic E-state index is 0.0220. The molecule has 2 unspecified atom stereocenters. The van der Waals surface area contributed by atoms with Gasteiger partial charge >= 0.3 is 12.1 Å². The Morgan fingerprint density at radius 3 is 2.59 bits per heavy atom. The van der Waals surface area contributed by atoms with E-state index in [-0.39, 0.29) is 36.3 Å². The van der Waals surface area contributed by atoms with Crippen LogP contribution in [0, 0.1) is 23.2 Å². The Morgan fingerprint density at radius 1 is 1.29 bits per heavy atom. The molecule has 0 aromatic heterocycles. The van der Waals surface area contributed by atoms with E-state index in [0.717, 1.165) is 55.6 Å². The molecule has 2 aliphatic heterocycles. The largest absolute Gasteiger partial charge is 0.478 e. The molecule has 2 fully saturated rings. The highest BCUT2D eigenvalue weighted by Crippen LogP contribution is 2.46. The minimum Gasteiger partial charge on any atom is -0.478 e. The molecule has 0 aromatic carbocycles. The first kappa shape index (κ1) is 29.5. The van der Waals surface area contributed by atoms with E-state index in [1.54, 1.807) is 11.8 Å². The van der Waals surface area contributed by atoms with Crippen LogP contribution in [-0.4, -0.2) is 54.8 Å². The second-order valence-corrected chi connectivity index (χ2v) is 13.2. The van der Waals surface area contributed by atoms with Crippen LogP contribution in [0.25, 0.3) is 0 Å². The fraction of sp³-hybridized carbons (Fsp3) is 0.833. The fourth-order valence-electron chi connectivity index (χ4n) is 5.38. The van der Waals surface area contributed by atoms with Crippen LogP contribution >= 0.6 is 24.6 Å². The van der Waals surface area contributed by atoms with Crippen LogP contribution in [0.3, 0.4) is 0 Å². The van der Waals surface area contributed by atoms with Crippen LogP contribution in [0.4, 0.5) is 4.79 Å². The van der Waals surface area contributed by atoms with Gasteiger partial charge in [-0.05, 0) is 65.9 Å². The number of carbonyl (C=O) groups is 2. The van der Waals surface area contributed by atoms with Crippen molar-refractivity contribution >= 4 is 47.8 Å². The van der Waals surface area contributed by atoms with Crippen molar-refractivity contribution in [2.24, 2.45) is 23.2 Å². The van der Waals surface area contributed by atoms with Gasteiger partial charge in [-0.2, -0.15) is 3.71 Å². The van der Waals surface area contributed by atoms with Gasteiger partial charge in [0, 0.05) is 12.1 Å². The summed E-state index contributed by atoms with van der Waals surface area (Å²) in [5.74, 6) is 0.337. The van der Waals surface area contributed by atoms with Gasteiger partial charge in [0.1, 0.15) is 6.61 Å². The number of thiol groups is 1. The SMILES string of the molecule is CC.CC1CC(C)(C)CCCS/C([C@@H]2CCCC[C@@H]2CN(S)S(=O)N2CCOC2=O)=C\1C(=O)O. The van der Waals surface area contributed by atoms with Crippen LogP contribution in [0.2, 0.25) is 0 Å². The molecule has 1 saturated carbocycles. The number of ether oxygens (including phenoxy) is 1. The minimum atomic E-state index is -1.72. The van der Waals surface area contributed by atoms with E-state index in [1.165, 1.54) is 8.02 Å². The number of carbonyl (C=O) groups excluding carboxylic acids is 1. The highest BCUT2D eigenvalue weighted by molar-refractivity contribution is 8.03. The maximum absolute atomic E-state index is 12.8. The van der Waals surface area contributed by atoms with Crippen LogP contribution in [0.5, 0.6) is 0 Å². The lowest BCUT2D eigenvalue weighted by Crippen LogP contribution is -2.39. The number of amides is 1. The molecule has 1 saturated heterocycles. The molecule has 1 amide bonds. The van der Waals surface area contributed by atoms with Crippen molar-refractivity contribution in [1.29, 1.82) is 0 Å². The summed E-state index contributed by atoms with van der Waals surface area (Å²) < 4.78 is 20.3. The first-order valence-corrected chi connectivity index (χ1v) is 15.0. The van der Waals surface area contributed by atoms with Gasteiger partial charge in [0.15, 0.2) is 0 Å². The summed E-state index contributed by atoms with van der Waals surface area (Å²) in [4.78, 5) is 25.3. The molecule has 0 aromatic rings. The number of nitrogens with zero attached hydrogens (tertiary/aromatic N) is 2. The quantitative estimate of drug-likeness (QED) is 0.412. The van der Waals surface area contributed by atoms with Gasteiger partial charge in [-0.25, -0.2) is 18.1 Å². The van der Waals surface area contributed by atoms with E-state index >= 15 is 0 Å². The molecule has 2 heterocycles. The van der Waals surface area contributed by atoms with Gasteiger partial charge in [-0.15, -0.1) is 11.8 Å². The zero-order valence-electron chi connectivity index (χ0n) is 21.2. The number of carboxylic acid groups (broad SMARTS) is 1. The predicted octanol–water partition coefficient (Wildman–Crippen LogP) is 5.91. The summed E-state index contributed by atoms with van der Waals surface area (Å²) >= 11 is 4.46. The van der Waals surface area contributed by atoms with Crippen molar-refractivity contribution in [2.45, 2.75) is 79.6 Å². The molecule has 196 valence electrons.